The molecule has 1 saturated heterocycles. The van der Waals surface area contributed by atoms with Gasteiger partial charge in [0, 0.05) is 56.6 Å². The van der Waals surface area contributed by atoms with Crippen molar-refractivity contribution in [3.8, 4) is 11.5 Å². The average molecular weight is 425 g/mol. The second-order valence-corrected chi connectivity index (χ2v) is 8.30. The lowest BCUT2D eigenvalue weighted by atomic mass is 9.87. The van der Waals surface area contributed by atoms with Gasteiger partial charge < -0.3 is 30.3 Å². The summed E-state index contributed by atoms with van der Waals surface area (Å²) in [5.74, 6) is 2.08. The molecular weight excluding hydrogens is 392 g/mol. The number of carbonyl (C=O) groups is 1. The van der Waals surface area contributed by atoms with Crippen LogP contribution in [0.15, 0.2) is 42.5 Å². The Morgan fingerprint density at radius 1 is 1.06 bits per heavy atom. The number of methoxy groups -OCH3 is 2. The van der Waals surface area contributed by atoms with Crippen molar-refractivity contribution in [2.75, 3.05) is 57.2 Å². The van der Waals surface area contributed by atoms with Gasteiger partial charge in [0.25, 0.3) is 0 Å². The zero-order valence-corrected chi connectivity index (χ0v) is 18.3. The number of rotatable bonds is 6. The molecule has 0 bridgehead atoms. The predicted molar refractivity (Wildman–Crippen MR) is 123 cm³/mol. The Hall–Kier alpha value is -2.93. The van der Waals surface area contributed by atoms with Gasteiger partial charge >= 0.3 is 0 Å². The molecule has 2 heterocycles. The number of hydrogen-bond acceptors (Lipinski definition) is 6. The molecule has 31 heavy (non-hydrogen) atoms. The third kappa shape index (κ3) is 4.88. The van der Waals surface area contributed by atoms with E-state index < -0.39 is 0 Å². The highest BCUT2D eigenvalue weighted by molar-refractivity contribution is 5.77. The van der Waals surface area contributed by atoms with Gasteiger partial charge in [0.15, 0.2) is 0 Å². The summed E-state index contributed by atoms with van der Waals surface area (Å²) in [7, 11) is 3.34. The summed E-state index contributed by atoms with van der Waals surface area (Å²) in [5.41, 5.74) is 9.98. The van der Waals surface area contributed by atoms with Gasteiger partial charge in [-0.05, 0) is 60.4 Å². The lowest BCUT2D eigenvalue weighted by Gasteiger charge is -2.37. The molecule has 0 radical (unpaired) electrons. The maximum absolute atomic E-state index is 12.9. The van der Waals surface area contributed by atoms with E-state index in [0.29, 0.717) is 6.42 Å². The summed E-state index contributed by atoms with van der Waals surface area (Å²) in [6.07, 6.45) is 1.24. The van der Waals surface area contributed by atoms with Gasteiger partial charge in [-0.1, -0.05) is 0 Å². The summed E-state index contributed by atoms with van der Waals surface area (Å²) in [6, 6.07) is 14.0. The minimum absolute atomic E-state index is 0.151. The van der Waals surface area contributed by atoms with E-state index in [1.165, 1.54) is 5.56 Å². The number of nitrogens with two attached hydrogens (primary N) is 1. The standard InChI is InChI=1S/C24H32N4O3/c1-30-20-5-3-19(4-6-20)27-9-11-28(12-10-27)24(29)15-22(25)18-13-17-14-21(31-2)7-8-23(17)26-16-18/h3-8,14,18,22,26H,9-13,15-16,25H2,1-2H3. The molecule has 166 valence electrons. The largest absolute Gasteiger partial charge is 0.497 e. The summed E-state index contributed by atoms with van der Waals surface area (Å²) in [5, 5.41) is 3.45. The topological polar surface area (TPSA) is 80.1 Å². The van der Waals surface area contributed by atoms with Crippen molar-refractivity contribution in [3.63, 3.8) is 0 Å². The van der Waals surface area contributed by atoms with E-state index in [1.54, 1.807) is 14.2 Å². The molecule has 4 rings (SSSR count). The molecule has 1 amide bonds. The van der Waals surface area contributed by atoms with Crippen LogP contribution in [0, 0.1) is 5.92 Å². The molecule has 0 saturated carbocycles. The van der Waals surface area contributed by atoms with Gasteiger partial charge in [-0.25, -0.2) is 0 Å². The van der Waals surface area contributed by atoms with Gasteiger partial charge in [0.2, 0.25) is 5.91 Å². The van der Waals surface area contributed by atoms with Gasteiger partial charge in [0.05, 0.1) is 14.2 Å². The fourth-order valence-corrected chi connectivity index (χ4v) is 4.44. The number of ether oxygens (including phenoxy) is 2. The maximum Gasteiger partial charge on any atom is 0.224 e. The quantitative estimate of drug-likeness (QED) is 0.741. The maximum atomic E-state index is 12.9. The van der Waals surface area contributed by atoms with Crippen LogP contribution in [0.3, 0.4) is 0 Å². The van der Waals surface area contributed by atoms with Crippen molar-refractivity contribution < 1.29 is 14.3 Å². The van der Waals surface area contributed by atoms with Crippen molar-refractivity contribution in [2.45, 2.75) is 18.9 Å². The number of nitrogens with one attached hydrogen (secondary N) is 1. The molecule has 2 aliphatic rings. The summed E-state index contributed by atoms with van der Waals surface area (Å²) >= 11 is 0. The van der Waals surface area contributed by atoms with Crippen LogP contribution in [-0.2, 0) is 11.2 Å². The van der Waals surface area contributed by atoms with Gasteiger partial charge in [0.1, 0.15) is 11.5 Å². The van der Waals surface area contributed by atoms with Crippen molar-refractivity contribution in [1.82, 2.24) is 4.90 Å². The number of benzene rings is 2. The lowest BCUT2D eigenvalue weighted by molar-refractivity contribution is -0.132. The number of nitrogens with zero attached hydrogens (tertiary/aromatic N) is 2. The molecule has 2 unspecified atom stereocenters. The zero-order chi connectivity index (χ0) is 21.8. The first-order valence-electron chi connectivity index (χ1n) is 10.9. The molecule has 2 aromatic carbocycles. The van der Waals surface area contributed by atoms with Crippen molar-refractivity contribution in [3.05, 3.63) is 48.0 Å². The summed E-state index contributed by atoms with van der Waals surface area (Å²) < 4.78 is 10.6. The Labute approximate surface area is 184 Å². The number of amides is 1. The van der Waals surface area contributed by atoms with Crippen molar-refractivity contribution in [1.29, 1.82) is 0 Å². The van der Waals surface area contributed by atoms with Gasteiger partial charge in [-0.3, -0.25) is 4.79 Å². The molecule has 2 atom stereocenters. The van der Waals surface area contributed by atoms with E-state index in [1.807, 2.05) is 29.2 Å². The number of fused-ring (bicyclic) bond motifs is 1. The van der Waals surface area contributed by atoms with Crippen molar-refractivity contribution >= 4 is 17.3 Å². The molecule has 2 aromatic rings. The molecule has 3 N–H and O–H groups in total. The average Bonchev–Trinajstić information content (AvgIpc) is 2.83. The molecular formula is C24H32N4O3. The van der Waals surface area contributed by atoms with Crippen LogP contribution in [-0.4, -0.2) is 63.8 Å². The molecule has 2 aliphatic heterocycles. The van der Waals surface area contributed by atoms with Gasteiger partial charge in [-0.15, -0.1) is 0 Å². The third-order valence-corrected chi connectivity index (χ3v) is 6.43. The molecule has 0 aromatic heterocycles. The molecule has 7 nitrogen and oxygen atoms in total. The fraction of sp³-hybridized carbons (Fsp3) is 0.458. The number of anilines is 2. The number of piperazine rings is 1. The van der Waals surface area contributed by atoms with E-state index in [9.17, 15) is 4.79 Å². The van der Waals surface area contributed by atoms with Crippen LogP contribution in [0.25, 0.3) is 0 Å². The first-order valence-corrected chi connectivity index (χ1v) is 10.9. The SMILES string of the molecule is COc1ccc(N2CCN(C(=O)CC(N)C3CNc4ccc(OC)cc4C3)CC2)cc1. The van der Waals surface area contributed by atoms with Crippen LogP contribution >= 0.6 is 0 Å². The Bertz CT molecular complexity index is 894. The van der Waals surface area contributed by atoms with E-state index in [-0.39, 0.29) is 17.9 Å². The van der Waals surface area contributed by atoms with Crippen LogP contribution in [0.1, 0.15) is 12.0 Å². The highest BCUT2D eigenvalue weighted by Gasteiger charge is 2.28. The first kappa shape index (κ1) is 21.3. The summed E-state index contributed by atoms with van der Waals surface area (Å²) in [4.78, 5) is 17.1. The van der Waals surface area contributed by atoms with Crippen LogP contribution < -0.4 is 25.4 Å². The second kappa shape index (κ2) is 9.47. The zero-order valence-electron chi connectivity index (χ0n) is 18.3. The lowest BCUT2D eigenvalue weighted by Crippen LogP contribution is -2.50. The van der Waals surface area contributed by atoms with E-state index in [2.05, 4.69) is 28.4 Å². The number of carbonyl (C=O) groups excluding carboxylic acids is 1. The molecule has 0 spiro atoms. The second-order valence-electron chi connectivity index (χ2n) is 8.30. The Morgan fingerprint density at radius 3 is 2.42 bits per heavy atom. The van der Waals surface area contributed by atoms with Gasteiger partial charge in [-0.2, -0.15) is 0 Å². The smallest absolute Gasteiger partial charge is 0.224 e. The minimum atomic E-state index is -0.168. The number of hydrogen-bond donors (Lipinski definition) is 2. The van der Waals surface area contributed by atoms with E-state index in [0.717, 1.165) is 62.0 Å². The van der Waals surface area contributed by atoms with E-state index >= 15 is 0 Å². The molecule has 0 aliphatic carbocycles. The normalized spacial score (nSPS) is 19.3. The van der Waals surface area contributed by atoms with E-state index in [4.69, 9.17) is 15.2 Å². The third-order valence-electron chi connectivity index (χ3n) is 6.43. The van der Waals surface area contributed by atoms with Crippen LogP contribution in [0.5, 0.6) is 11.5 Å². The highest BCUT2D eigenvalue weighted by Crippen LogP contribution is 2.30. The Morgan fingerprint density at radius 2 is 1.74 bits per heavy atom. The van der Waals surface area contributed by atoms with Crippen molar-refractivity contribution in [2.24, 2.45) is 11.7 Å². The summed E-state index contributed by atoms with van der Waals surface area (Å²) in [6.45, 7) is 3.89. The predicted octanol–water partition coefficient (Wildman–Crippen LogP) is 2.35. The fourth-order valence-electron chi connectivity index (χ4n) is 4.44. The Balaban J connectivity index is 1.28. The van der Waals surface area contributed by atoms with Crippen LogP contribution in [0.4, 0.5) is 11.4 Å². The Kier molecular flexibility index (Phi) is 6.51. The monoisotopic (exact) mass is 424 g/mol. The molecule has 7 heteroatoms. The first-order chi connectivity index (χ1) is 15.1. The highest BCUT2D eigenvalue weighted by atomic mass is 16.5. The molecule has 1 fully saturated rings. The minimum Gasteiger partial charge on any atom is -0.497 e. The van der Waals surface area contributed by atoms with Crippen LogP contribution in [0.2, 0.25) is 0 Å².